The van der Waals surface area contributed by atoms with Crippen molar-refractivity contribution in [1.29, 1.82) is 0 Å². The average molecular weight is 412 g/mol. The van der Waals surface area contributed by atoms with E-state index in [1.807, 2.05) is 24.0 Å². The third-order valence-corrected chi connectivity index (χ3v) is 5.88. The van der Waals surface area contributed by atoms with Gasteiger partial charge in [-0.05, 0) is 68.0 Å². The summed E-state index contributed by atoms with van der Waals surface area (Å²) in [7, 11) is 0. The number of pyridine rings is 1. The quantitative estimate of drug-likeness (QED) is 0.756. The molecule has 3 heterocycles. The minimum Gasteiger partial charge on any atom is -0.369 e. The molecule has 0 aliphatic carbocycles. The number of carbonyl (C=O) groups excluding carboxylic acids is 1. The van der Waals surface area contributed by atoms with E-state index in [-0.39, 0.29) is 17.8 Å². The summed E-state index contributed by atoms with van der Waals surface area (Å²) in [6.45, 7) is 6.20. The molecule has 5 nitrogen and oxygen atoms in total. The van der Waals surface area contributed by atoms with Crippen molar-refractivity contribution in [2.24, 2.45) is 0 Å². The first-order chi connectivity index (χ1) is 14.6. The highest BCUT2D eigenvalue weighted by Crippen LogP contribution is 2.23. The molecular formula is C24H30FN3O2. The maximum absolute atomic E-state index is 13.5. The average Bonchev–Trinajstić information content (AvgIpc) is 2.74. The van der Waals surface area contributed by atoms with Gasteiger partial charge in [-0.2, -0.15) is 0 Å². The number of rotatable bonds is 5. The SMILES string of the molecule is Cc1cc(Cc2cccc(F)c2)cc([C@@H]2CN(CC(=O)N3CCCCC3)CCO2)n1. The maximum Gasteiger partial charge on any atom is 0.236 e. The van der Waals surface area contributed by atoms with Crippen molar-refractivity contribution in [3.05, 3.63) is 64.7 Å². The van der Waals surface area contributed by atoms with Crippen LogP contribution < -0.4 is 0 Å². The maximum atomic E-state index is 13.5. The molecule has 30 heavy (non-hydrogen) atoms. The summed E-state index contributed by atoms with van der Waals surface area (Å²) in [5, 5.41) is 0. The lowest BCUT2D eigenvalue weighted by atomic mass is 10.0. The summed E-state index contributed by atoms with van der Waals surface area (Å²) in [5.74, 6) is 0.00229. The van der Waals surface area contributed by atoms with Crippen LogP contribution in [-0.4, -0.2) is 60.0 Å². The second kappa shape index (κ2) is 9.67. The minimum absolute atomic E-state index is 0.154. The Morgan fingerprint density at radius 3 is 2.77 bits per heavy atom. The number of aryl methyl sites for hydroxylation is 1. The number of carbonyl (C=O) groups is 1. The van der Waals surface area contributed by atoms with Crippen molar-refractivity contribution in [2.45, 2.75) is 38.7 Å². The smallest absolute Gasteiger partial charge is 0.236 e. The molecular weight excluding hydrogens is 381 g/mol. The van der Waals surface area contributed by atoms with Gasteiger partial charge in [0.15, 0.2) is 0 Å². The normalized spacial score (nSPS) is 20.3. The van der Waals surface area contributed by atoms with Crippen LogP contribution in [-0.2, 0) is 16.0 Å². The van der Waals surface area contributed by atoms with Crippen LogP contribution >= 0.6 is 0 Å². The van der Waals surface area contributed by atoms with Gasteiger partial charge in [0.05, 0.1) is 18.8 Å². The highest BCUT2D eigenvalue weighted by molar-refractivity contribution is 5.78. The zero-order valence-corrected chi connectivity index (χ0v) is 17.6. The highest BCUT2D eigenvalue weighted by atomic mass is 19.1. The van der Waals surface area contributed by atoms with Gasteiger partial charge < -0.3 is 9.64 Å². The summed E-state index contributed by atoms with van der Waals surface area (Å²) < 4.78 is 19.5. The van der Waals surface area contributed by atoms with E-state index in [4.69, 9.17) is 9.72 Å². The Balaban J connectivity index is 1.42. The Labute approximate surface area is 177 Å². The van der Waals surface area contributed by atoms with Crippen molar-refractivity contribution < 1.29 is 13.9 Å². The number of amides is 1. The van der Waals surface area contributed by atoms with E-state index in [2.05, 4.69) is 11.0 Å². The number of nitrogens with zero attached hydrogens (tertiary/aromatic N) is 3. The van der Waals surface area contributed by atoms with Gasteiger partial charge in [-0.15, -0.1) is 0 Å². The number of morpholine rings is 1. The zero-order valence-electron chi connectivity index (χ0n) is 17.6. The third kappa shape index (κ3) is 5.43. The lowest BCUT2D eigenvalue weighted by Crippen LogP contribution is -2.47. The Morgan fingerprint density at radius 2 is 1.97 bits per heavy atom. The number of hydrogen-bond acceptors (Lipinski definition) is 4. The van der Waals surface area contributed by atoms with Crippen molar-refractivity contribution in [1.82, 2.24) is 14.8 Å². The molecule has 0 unspecified atom stereocenters. The summed E-state index contributed by atoms with van der Waals surface area (Å²) in [6.07, 6.45) is 3.94. The molecule has 2 aliphatic heterocycles. The van der Waals surface area contributed by atoms with E-state index in [0.717, 1.165) is 55.0 Å². The molecule has 1 aromatic heterocycles. The van der Waals surface area contributed by atoms with E-state index < -0.39 is 0 Å². The van der Waals surface area contributed by atoms with E-state index in [0.29, 0.717) is 26.1 Å². The molecule has 6 heteroatoms. The highest BCUT2D eigenvalue weighted by Gasteiger charge is 2.27. The van der Waals surface area contributed by atoms with Crippen LogP contribution in [0.25, 0.3) is 0 Å². The van der Waals surface area contributed by atoms with Crippen LogP contribution in [0.5, 0.6) is 0 Å². The number of benzene rings is 1. The number of halogens is 1. The van der Waals surface area contributed by atoms with Crippen molar-refractivity contribution in [2.75, 3.05) is 39.3 Å². The van der Waals surface area contributed by atoms with E-state index in [1.54, 1.807) is 12.1 Å². The Kier molecular flexibility index (Phi) is 6.75. The van der Waals surface area contributed by atoms with Gasteiger partial charge in [-0.3, -0.25) is 14.7 Å². The predicted molar refractivity (Wildman–Crippen MR) is 114 cm³/mol. The predicted octanol–water partition coefficient (Wildman–Crippen LogP) is 3.51. The van der Waals surface area contributed by atoms with E-state index in [1.165, 1.54) is 12.5 Å². The number of piperidine rings is 1. The lowest BCUT2D eigenvalue weighted by Gasteiger charge is -2.34. The molecule has 1 amide bonds. The van der Waals surface area contributed by atoms with Crippen LogP contribution in [0.2, 0.25) is 0 Å². The molecule has 0 N–H and O–H groups in total. The molecule has 2 fully saturated rings. The van der Waals surface area contributed by atoms with Crippen LogP contribution in [0.15, 0.2) is 36.4 Å². The Bertz CT molecular complexity index is 883. The Morgan fingerprint density at radius 1 is 1.13 bits per heavy atom. The van der Waals surface area contributed by atoms with Gasteiger partial charge in [-0.1, -0.05) is 12.1 Å². The molecule has 1 aromatic carbocycles. The number of likely N-dealkylation sites (tertiary alicyclic amines) is 1. The summed E-state index contributed by atoms with van der Waals surface area (Å²) in [6, 6.07) is 10.8. The van der Waals surface area contributed by atoms with E-state index in [9.17, 15) is 9.18 Å². The fourth-order valence-electron chi connectivity index (χ4n) is 4.38. The third-order valence-electron chi connectivity index (χ3n) is 5.88. The monoisotopic (exact) mass is 411 g/mol. The molecule has 4 rings (SSSR count). The lowest BCUT2D eigenvalue weighted by molar-refractivity contribution is -0.135. The van der Waals surface area contributed by atoms with Crippen LogP contribution in [0.3, 0.4) is 0 Å². The first-order valence-corrected chi connectivity index (χ1v) is 10.9. The molecule has 0 saturated carbocycles. The number of hydrogen-bond donors (Lipinski definition) is 0. The topological polar surface area (TPSA) is 45.7 Å². The summed E-state index contributed by atoms with van der Waals surface area (Å²) >= 11 is 0. The van der Waals surface area contributed by atoms with Crippen molar-refractivity contribution in [3.63, 3.8) is 0 Å². The second-order valence-electron chi connectivity index (χ2n) is 8.38. The molecule has 0 spiro atoms. The van der Waals surface area contributed by atoms with Gasteiger partial charge in [0, 0.05) is 31.9 Å². The minimum atomic E-state index is -0.219. The fourth-order valence-corrected chi connectivity index (χ4v) is 4.38. The fraction of sp³-hybridized carbons (Fsp3) is 0.500. The van der Waals surface area contributed by atoms with Crippen LogP contribution in [0, 0.1) is 12.7 Å². The molecule has 2 saturated heterocycles. The second-order valence-corrected chi connectivity index (χ2v) is 8.38. The van der Waals surface area contributed by atoms with Gasteiger partial charge >= 0.3 is 0 Å². The van der Waals surface area contributed by atoms with Crippen molar-refractivity contribution in [3.8, 4) is 0 Å². The van der Waals surface area contributed by atoms with Gasteiger partial charge in [0.2, 0.25) is 5.91 Å². The molecule has 160 valence electrons. The van der Waals surface area contributed by atoms with Crippen LogP contribution in [0.4, 0.5) is 4.39 Å². The standard InChI is InChI=1S/C24H30FN3O2/c1-18-12-20(13-19-6-5-7-21(25)14-19)15-22(26-18)23-16-27(10-11-30-23)17-24(29)28-8-3-2-4-9-28/h5-7,12,14-15,23H,2-4,8-11,13,16-17H2,1H3/t23-/m0/s1. The van der Waals surface area contributed by atoms with Gasteiger partial charge in [0.1, 0.15) is 11.9 Å². The first-order valence-electron chi connectivity index (χ1n) is 10.9. The molecule has 2 aliphatic rings. The Hall–Kier alpha value is -2.31. The van der Waals surface area contributed by atoms with Crippen LogP contribution in [0.1, 0.15) is 47.9 Å². The molecule has 0 radical (unpaired) electrons. The molecule has 2 aromatic rings. The number of ether oxygens (including phenoxy) is 1. The van der Waals surface area contributed by atoms with Gasteiger partial charge in [-0.25, -0.2) is 4.39 Å². The molecule has 1 atom stereocenters. The largest absolute Gasteiger partial charge is 0.369 e. The van der Waals surface area contributed by atoms with Gasteiger partial charge in [0.25, 0.3) is 0 Å². The van der Waals surface area contributed by atoms with Crippen molar-refractivity contribution >= 4 is 5.91 Å². The zero-order chi connectivity index (χ0) is 20.9. The summed E-state index contributed by atoms with van der Waals surface area (Å²) in [5.41, 5.74) is 3.83. The first kappa shape index (κ1) is 20.9. The molecule has 0 bridgehead atoms. The number of aromatic nitrogens is 1. The summed E-state index contributed by atoms with van der Waals surface area (Å²) in [4.78, 5) is 21.5. The van der Waals surface area contributed by atoms with E-state index >= 15 is 0 Å².